The van der Waals surface area contributed by atoms with Crippen molar-refractivity contribution in [3.05, 3.63) is 71.1 Å². The molecule has 8 heteroatoms. The third kappa shape index (κ3) is 5.35. The van der Waals surface area contributed by atoms with Crippen molar-refractivity contribution in [2.45, 2.75) is 52.4 Å². The summed E-state index contributed by atoms with van der Waals surface area (Å²) < 4.78 is 0. The van der Waals surface area contributed by atoms with Gasteiger partial charge in [0.05, 0.1) is 0 Å². The molecule has 0 bridgehead atoms. The third-order valence-electron chi connectivity index (χ3n) is 10.2. The van der Waals surface area contributed by atoms with Crippen molar-refractivity contribution in [1.29, 1.82) is 0 Å². The van der Waals surface area contributed by atoms with Gasteiger partial charge in [-0.25, -0.2) is 0 Å². The molecule has 1 heterocycles. The number of hydrogen-bond donors (Lipinski definition) is 0. The third-order valence-corrected chi connectivity index (χ3v) is 145. The van der Waals surface area contributed by atoms with Crippen LogP contribution < -0.4 is 9.80 Å². The highest BCUT2D eigenvalue weighted by Crippen LogP contribution is 2.43. The van der Waals surface area contributed by atoms with Gasteiger partial charge in [0.15, 0.2) is 0 Å². The van der Waals surface area contributed by atoms with E-state index in [-0.39, 0.29) is 0 Å². The van der Waals surface area contributed by atoms with Gasteiger partial charge >= 0.3 is 0 Å². The van der Waals surface area contributed by atoms with Gasteiger partial charge in [-0.05, 0) is 35.4 Å². The molecule has 1 fully saturated rings. The fourth-order valence-corrected chi connectivity index (χ4v) is 233. The van der Waals surface area contributed by atoms with E-state index in [2.05, 4.69) is 162 Å². The highest BCUT2D eigenvalue weighted by Gasteiger charge is 2.67. The molecule has 0 atom stereocenters. The minimum absolute atomic E-state index is 0.946. The zero-order valence-corrected chi connectivity index (χ0v) is 31.3. The summed E-state index contributed by atoms with van der Waals surface area (Å²) in [6, 6.07) is 18.3. The fourth-order valence-electron chi connectivity index (χ4n) is 6.55. The molecule has 1 saturated heterocycles. The van der Waals surface area contributed by atoms with E-state index < -0.39 is 44.1 Å². The van der Waals surface area contributed by atoms with Crippen LogP contribution in [0.2, 0.25) is 52.4 Å². The predicted molar refractivity (Wildman–Crippen MR) is 184 cm³/mol. The Labute approximate surface area is 228 Å². The maximum absolute atomic E-state index is 2.86. The first-order valence-electron chi connectivity index (χ1n) is 13.4. The quantitative estimate of drug-likeness (QED) is 0.364. The van der Waals surface area contributed by atoms with Gasteiger partial charge < -0.3 is 9.80 Å². The normalized spacial score (nSPS) is 24.2. The Morgan fingerprint density at radius 2 is 0.722 bits per heavy atom. The zero-order chi connectivity index (χ0) is 27.1. The molecule has 0 aliphatic carbocycles. The topological polar surface area (TPSA) is 6.48 Å². The van der Waals surface area contributed by atoms with Crippen molar-refractivity contribution in [3.63, 3.8) is 0 Å². The van der Waals surface area contributed by atoms with E-state index in [0.29, 0.717) is 0 Å². The van der Waals surface area contributed by atoms with Crippen LogP contribution in [0.1, 0.15) is 11.1 Å². The van der Waals surface area contributed by atoms with E-state index in [0.717, 1.165) is 0 Å². The summed E-state index contributed by atoms with van der Waals surface area (Å²) in [5.74, 6) is 0. The van der Waals surface area contributed by atoms with Crippen LogP contribution >= 0.6 is 0 Å². The summed E-state index contributed by atoms with van der Waals surface area (Å²) in [6.45, 7) is 22.7. The van der Waals surface area contributed by atoms with Gasteiger partial charge in [0.2, 0.25) is 0 Å². The van der Waals surface area contributed by atoms with Crippen molar-refractivity contribution in [1.82, 2.24) is 0 Å². The first-order chi connectivity index (χ1) is 16.5. The second-order valence-electron chi connectivity index (χ2n) is 13.5. The van der Waals surface area contributed by atoms with Crippen molar-refractivity contribution in [2.24, 2.45) is 0 Å². The SMILES string of the molecule is CN(C)c1ccc(/C=C/[SiH]2[Si](C)(C)[Si](C)(C)[SiH](/C=C/c3ccc(N(C)C)cc3)[Si](C)(C)[Si]2(C)C)cc1. The van der Waals surface area contributed by atoms with E-state index in [1.165, 1.54) is 22.5 Å². The summed E-state index contributed by atoms with van der Waals surface area (Å²) in [4.78, 5) is 4.37. The maximum Gasteiger partial charge on any atom is 0.0452 e. The standard InChI is InChI=1S/C28H50N2Si6/c1-29(2)27-17-13-25(14-18-27)21-23-31-33(5,6)35(9,10)32(36(11,12)34(31,7)8)24-22-26-15-19-28(20-16-26)30(3)4/h13-24,31-32H,1-12H3/b23-21+,24-22+. The Bertz CT molecular complexity index is 982. The molecule has 0 spiro atoms. The van der Waals surface area contributed by atoms with Gasteiger partial charge in [-0.1, -0.05) is 88.8 Å². The molecule has 2 aromatic rings. The van der Waals surface area contributed by atoms with Crippen molar-refractivity contribution in [3.8, 4) is 0 Å². The Hall–Kier alpha value is -1.18. The van der Waals surface area contributed by atoms with Crippen LogP contribution in [0.3, 0.4) is 0 Å². The van der Waals surface area contributed by atoms with Crippen LogP contribution in [-0.4, -0.2) is 72.3 Å². The molecular weight excluding hydrogens is 533 g/mol. The molecule has 1 aliphatic heterocycles. The smallest absolute Gasteiger partial charge is 0.0452 e. The summed E-state index contributed by atoms with van der Waals surface area (Å²) >= 11 is 0. The van der Waals surface area contributed by atoms with Gasteiger partial charge in [-0.3, -0.25) is 0 Å². The lowest BCUT2D eigenvalue weighted by atomic mass is 10.2. The first-order valence-corrected chi connectivity index (χ1v) is 36.0. The average molecular weight is 583 g/mol. The Morgan fingerprint density at radius 3 is 0.944 bits per heavy atom. The molecule has 0 aromatic heterocycles. The monoisotopic (exact) mass is 582 g/mol. The van der Waals surface area contributed by atoms with Gasteiger partial charge in [0, 0.05) is 83.7 Å². The number of benzene rings is 2. The van der Waals surface area contributed by atoms with Crippen LogP contribution in [-0.2, 0) is 0 Å². The Kier molecular flexibility index (Phi) is 8.59. The van der Waals surface area contributed by atoms with Crippen LogP contribution in [0.4, 0.5) is 11.4 Å². The highest BCUT2D eigenvalue weighted by molar-refractivity contribution is 8.09. The second-order valence-corrected chi connectivity index (χ2v) is 80.6. The summed E-state index contributed by atoms with van der Waals surface area (Å²) in [6.07, 6.45) is 5.08. The molecule has 0 radical (unpaired) electrons. The molecule has 36 heavy (non-hydrogen) atoms. The molecule has 3 rings (SSSR count). The van der Waals surface area contributed by atoms with E-state index in [1.54, 1.807) is 0 Å². The molecule has 196 valence electrons. The fraction of sp³-hybridized carbons (Fsp3) is 0.429. The Morgan fingerprint density at radius 1 is 0.472 bits per heavy atom. The summed E-state index contributed by atoms with van der Waals surface area (Å²) in [5, 5.41) is 0. The zero-order valence-electron chi connectivity index (χ0n) is 25.0. The van der Waals surface area contributed by atoms with Crippen LogP contribution in [0.5, 0.6) is 0 Å². The molecule has 2 nitrogen and oxygen atoms in total. The minimum Gasteiger partial charge on any atom is -0.378 e. The molecule has 0 saturated carbocycles. The first kappa shape index (κ1) is 29.4. The van der Waals surface area contributed by atoms with Crippen molar-refractivity contribution < 1.29 is 0 Å². The van der Waals surface area contributed by atoms with Crippen molar-refractivity contribution in [2.75, 3.05) is 38.0 Å². The molecule has 0 N–H and O–H groups in total. The van der Waals surface area contributed by atoms with E-state index >= 15 is 0 Å². The molecule has 0 amide bonds. The number of anilines is 2. The molecule has 1 aliphatic rings. The van der Waals surface area contributed by atoms with Crippen molar-refractivity contribution >= 4 is 67.6 Å². The lowest BCUT2D eigenvalue weighted by molar-refractivity contribution is 1.13. The van der Waals surface area contributed by atoms with Crippen LogP contribution in [0.25, 0.3) is 12.2 Å². The number of hydrogen-bond acceptors (Lipinski definition) is 2. The van der Waals surface area contributed by atoms with Crippen LogP contribution in [0.15, 0.2) is 59.9 Å². The van der Waals surface area contributed by atoms with E-state index in [4.69, 9.17) is 0 Å². The van der Waals surface area contributed by atoms with Crippen LogP contribution in [0, 0.1) is 0 Å². The predicted octanol–water partition coefficient (Wildman–Crippen LogP) is 6.40. The lowest BCUT2D eigenvalue weighted by Gasteiger charge is -2.64. The minimum atomic E-state index is -1.30. The summed E-state index contributed by atoms with van der Waals surface area (Å²) in [5.41, 5.74) is 11.1. The summed E-state index contributed by atoms with van der Waals surface area (Å²) in [7, 11) is 1.40. The number of nitrogens with zero attached hydrogens (tertiary/aromatic N) is 2. The highest BCUT2D eigenvalue weighted by atomic mass is 30.2. The molecule has 0 unspecified atom stereocenters. The maximum atomic E-state index is 2.86. The second kappa shape index (κ2) is 10.5. The Balaban J connectivity index is 1.96. The average Bonchev–Trinajstić information content (AvgIpc) is 2.78. The largest absolute Gasteiger partial charge is 0.378 e. The lowest BCUT2D eigenvalue weighted by Crippen LogP contribution is -2.92. The molecule has 2 aromatic carbocycles. The van der Waals surface area contributed by atoms with Gasteiger partial charge in [-0.15, -0.1) is 11.4 Å². The van der Waals surface area contributed by atoms with E-state index in [9.17, 15) is 0 Å². The van der Waals surface area contributed by atoms with E-state index in [1.807, 2.05) is 0 Å². The molecular formula is C28H50N2Si6. The van der Waals surface area contributed by atoms with Gasteiger partial charge in [0.25, 0.3) is 0 Å². The van der Waals surface area contributed by atoms with Gasteiger partial charge in [-0.2, -0.15) is 0 Å². The number of rotatable bonds is 6. The van der Waals surface area contributed by atoms with Gasteiger partial charge in [0.1, 0.15) is 0 Å².